The van der Waals surface area contributed by atoms with Crippen LogP contribution in [0.4, 0.5) is 0 Å². The fourth-order valence-corrected chi connectivity index (χ4v) is 1.56. The smallest absolute Gasteiger partial charge is 0.0726 e. The van der Waals surface area contributed by atoms with E-state index in [1.54, 1.807) is 18.6 Å². The average molecular weight is 229 g/mol. The Morgan fingerprint density at radius 2 is 2.24 bits per heavy atom. The molecule has 0 saturated carbocycles. The maximum atomic E-state index is 8.95. The first-order valence-electron chi connectivity index (χ1n) is 5.46. The van der Waals surface area contributed by atoms with E-state index >= 15 is 0 Å². The fourth-order valence-electron chi connectivity index (χ4n) is 1.56. The number of nitriles is 2. The van der Waals surface area contributed by atoms with Crippen LogP contribution in [0.15, 0.2) is 18.6 Å². The van der Waals surface area contributed by atoms with Gasteiger partial charge in [-0.15, -0.1) is 0 Å². The summed E-state index contributed by atoms with van der Waals surface area (Å²) in [7, 11) is 1.94. The summed E-state index contributed by atoms with van der Waals surface area (Å²) in [6, 6.07) is 4.29. The highest BCUT2D eigenvalue weighted by Crippen LogP contribution is 2.08. The summed E-state index contributed by atoms with van der Waals surface area (Å²) in [5, 5.41) is 17.4. The van der Waals surface area contributed by atoms with E-state index in [9.17, 15) is 0 Å². The SMILES string of the molecule is CN(Cc1cnccn1)C[C@@H](C#N)CCC#N. The van der Waals surface area contributed by atoms with Crippen molar-refractivity contribution in [2.45, 2.75) is 19.4 Å². The molecule has 0 radical (unpaired) electrons. The molecule has 5 nitrogen and oxygen atoms in total. The Morgan fingerprint density at radius 1 is 1.41 bits per heavy atom. The van der Waals surface area contributed by atoms with E-state index in [1.165, 1.54) is 0 Å². The van der Waals surface area contributed by atoms with Gasteiger partial charge >= 0.3 is 0 Å². The molecule has 0 unspecified atom stereocenters. The highest BCUT2D eigenvalue weighted by atomic mass is 15.1. The number of aromatic nitrogens is 2. The lowest BCUT2D eigenvalue weighted by Gasteiger charge is -2.18. The van der Waals surface area contributed by atoms with E-state index in [4.69, 9.17) is 10.5 Å². The summed E-state index contributed by atoms with van der Waals surface area (Å²) in [6.07, 6.45) is 6.05. The van der Waals surface area contributed by atoms with Crippen LogP contribution in [0.25, 0.3) is 0 Å². The average Bonchev–Trinajstić information content (AvgIpc) is 2.35. The maximum absolute atomic E-state index is 8.95. The van der Waals surface area contributed by atoms with Gasteiger partial charge in [0.15, 0.2) is 0 Å². The molecule has 0 aliphatic heterocycles. The van der Waals surface area contributed by atoms with Crippen molar-refractivity contribution < 1.29 is 0 Å². The molecule has 0 N–H and O–H groups in total. The third-order valence-corrected chi connectivity index (χ3v) is 2.37. The van der Waals surface area contributed by atoms with E-state index < -0.39 is 0 Å². The second-order valence-corrected chi connectivity index (χ2v) is 3.92. The van der Waals surface area contributed by atoms with E-state index in [-0.39, 0.29) is 5.92 Å². The first-order chi connectivity index (χ1) is 8.26. The molecule has 1 heterocycles. The van der Waals surface area contributed by atoms with E-state index in [2.05, 4.69) is 22.1 Å². The number of hydrogen-bond donors (Lipinski definition) is 0. The minimum absolute atomic E-state index is 0.101. The molecule has 17 heavy (non-hydrogen) atoms. The van der Waals surface area contributed by atoms with Crippen LogP contribution in [0, 0.1) is 28.6 Å². The zero-order valence-electron chi connectivity index (χ0n) is 9.87. The molecule has 0 amide bonds. The van der Waals surface area contributed by atoms with Crippen molar-refractivity contribution >= 4 is 0 Å². The van der Waals surface area contributed by atoms with Crippen LogP contribution in [0.3, 0.4) is 0 Å². The zero-order valence-corrected chi connectivity index (χ0v) is 9.87. The third-order valence-electron chi connectivity index (χ3n) is 2.37. The van der Waals surface area contributed by atoms with Gasteiger partial charge in [-0.25, -0.2) is 0 Å². The predicted octanol–water partition coefficient (Wildman–Crippen LogP) is 1.35. The van der Waals surface area contributed by atoms with Gasteiger partial charge in [0, 0.05) is 38.1 Å². The maximum Gasteiger partial charge on any atom is 0.0726 e. The van der Waals surface area contributed by atoms with Gasteiger partial charge in [-0.2, -0.15) is 10.5 Å². The van der Waals surface area contributed by atoms with Gasteiger partial charge in [0.25, 0.3) is 0 Å². The molecule has 0 bridgehead atoms. The minimum Gasteiger partial charge on any atom is -0.299 e. The zero-order chi connectivity index (χ0) is 12.5. The standard InChI is InChI=1S/C12H15N5/c1-17(9-11(7-14)3-2-4-13)10-12-8-15-5-6-16-12/h5-6,8,11H,2-3,9-10H2,1H3/t11-/m1/s1. The molecular formula is C12H15N5. The molecule has 1 rings (SSSR count). The topological polar surface area (TPSA) is 76.6 Å². The molecule has 1 aromatic heterocycles. The Balaban J connectivity index is 2.41. The van der Waals surface area contributed by atoms with E-state index in [0.717, 1.165) is 5.69 Å². The summed E-state index contributed by atoms with van der Waals surface area (Å²) in [6.45, 7) is 1.31. The number of rotatable bonds is 6. The Morgan fingerprint density at radius 3 is 2.82 bits per heavy atom. The minimum atomic E-state index is -0.101. The molecule has 5 heteroatoms. The Labute approximate surface area is 101 Å². The van der Waals surface area contributed by atoms with Crippen molar-refractivity contribution in [3.63, 3.8) is 0 Å². The Kier molecular flexibility index (Phi) is 5.63. The van der Waals surface area contributed by atoms with Crippen molar-refractivity contribution in [3.05, 3.63) is 24.3 Å². The van der Waals surface area contributed by atoms with Gasteiger partial charge in [-0.3, -0.25) is 14.9 Å². The molecular weight excluding hydrogens is 214 g/mol. The Hall–Kier alpha value is -1.98. The van der Waals surface area contributed by atoms with Crippen molar-refractivity contribution in [3.8, 4) is 12.1 Å². The molecule has 0 aliphatic rings. The molecule has 0 fully saturated rings. The summed E-state index contributed by atoms with van der Waals surface area (Å²) in [5.74, 6) is -0.101. The van der Waals surface area contributed by atoms with E-state index in [1.807, 2.05) is 11.9 Å². The van der Waals surface area contributed by atoms with Gasteiger partial charge in [-0.1, -0.05) is 0 Å². The lowest BCUT2D eigenvalue weighted by atomic mass is 10.1. The monoisotopic (exact) mass is 229 g/mol. The van der Waals surface area contributed by atoms with Crippen LogP contribution in [-0.4, -0.2) is 28.5 Å². The second-order valence-electron chi connectivity index (χ2n) is 3.92. The van der Waals surface area contributed by atoms with Gasteiger partial charge in [0.1, 0.15) is 0 Å². The summed E-state index contributed by atoms with van der Waals surface area (Å²) < 4.78 is 0. The van der Waals surface area contributed by atoms with Crippen LogP contribution in [0.2, 0.25) is 0 Å². The molecule has 1 aromatic rings. The highest BCUT2D eigenvalue weighted by molar-refractivity contribution is 4.95. The normalized spacial score (nSPS) is 11.8. The highest BCUT2D eigenvalue weighted by Gasteiger charge is 2.11. The van der Waals surface area contributed by atoms with Gasteiger partial charge in [0.2, 0.25) is 0 Å². The lowest BCUT2D eigenvalue weighted by Crippen LogP contribution is -2.25. The van der Waals surface area contributed by atoms with E-state index in [0.29, 0.717) is 25.9 Å². The van der Waals surface area contributed by atoms with Gasteiger partial charge in [0.05, 0.1) is 23.8 Å². The molecule has 1 atom stereocenters. The van der Waals surface area contributed by atoms with Gasteiger partial charge in [-0.05, 0) is 13.5 Å². The Bertz CT molecular complexity index is 403. The number of hydrogen-bond acceptors (Lipinski definition) is 5. The summed E-state index contributed by atoms with van der Waals surface area (Å²) >= 11 is 0. The quantitative estimate of drug-likeness (QED) is 0.736. The largest absolute Gasteiger partial charge is 0.299 e. The number of nitrogens with zero attached hydrogens (tertiary/aromatic N) is 5. The van der Waals surface area contributed by atoms with Crippen LogP contribution >= 0.6 is 0 Å². The van der Waals surface area contributed by atoms with Crippen molar-refractivity contribution in [1.29, 1.82) is 10.5 Å². The second kappa shape index (κ2) is 7.32. The van der Waals surface area contributed by atoms with Crippen LogP contribution in [0.1, 0.15) is 18.5 Å². The van der Waals surface area contributed by atoms with Crippen molar-refractivity contribution in [1.82, 2.24) is 14.9 Å². The van der Waals surface area contributed by atoms with Crippen LogP contribution in [-0.2, 0) is 6.54 Å². The van der Waals surface area contributed by atoms with Crippen molar-refractivity contribution in [2.24, 2.45) is 5.92 Å². The van der Waals surface area contributed by atoms with Crippen LogP contribution < -0.4 is 0 Å². The first kappa shape index (κ1) is 13.1. The summed E-state index contributed by atoms with van der Waals surface area (Å²) in [5.41, 5.74) is 0.881. The molecule has 0 saturated heterocycles. The van der Waals surface area contributed by atoms with Crippen LogP contribution in [0.5, 0.6) is 0 Å². The fraction of sp³-hybridized carbons (Fsp3) is 0.500. The summed E-state index contributed by atoms with van der Waals surface area (Å²) in [4.78, 5) is 10.2. The lowest BCUT2D eigenvalue weighted by molar-refractivity contribution is 0.286. The first-order valence-corrected chi connectivity index (χ1v) is 5.46. The molecule has 0 spiro atoms. The van der Waals surface area contributed by atoms with Crippen molar-refractivity contribution in [2.75, 3.05) is 13.6 Å². The van der Waals surface area contributed by atoms with Gasteiger partial charge < -0.3 is 0 Å². The molecule has 88 valence electrons. The molecule has 0 aliphatic carbocycles. The molecule has 0 aromatic carbocycles. The third kappa shape index (κ3) is 5.05. The predicted molar refractivity (Wildman–Crippen MR) is 62.3 cm³/mol.